The van der Waals surface area contributed by atoms with Crippen LogP contribution in [-0.2, 0) is 13.6 Å². The predicted octanol–water partition coefficient (Wildman–Crippen LogP) is 0.142. The highest BCUT2D eigenvalue weighted by atomic mass is 16.2. The van der Waals surface area contributed by atoms with Gasteiger partial charge in [0.1, 0.15) is 11.5 Å². The number of nitrogens with zero attached hydrogens (tertiary/aromatic N) is 2. The van der Waals surface area contributed by atoms with Crippen molar-refractivity contribution in [2.75, 3.05) is 17.3 Å². The van der Waals surface area contributed by atoms with Gasteiger partial charge in [0.05, 0.1) is 6.67 Å². The van der Waals surface area contributed by atoms with Crippen LogP contribution in [0, 0.1) is 5.92 Å². The Morgan fingerprint density at radius 2 is 2.06 bits per heavy atom. The summed E-state index contributed by atoms with van der Waals surface area (Å²) in [5, 5.41) is 5.98. The molecular formula is C11H16N4O2. The second kappa shape index (κ2) is 3.65. The summed E-state index contributed by atoms with van der Waals surface area (Å²) in [5.74, 6) is 1.10. The van der Waals surface area contributed by atoms with Crippen LogP contribution in [0.5, 0.6) is 0 Å². The van der Waals surface area contributed by atoms with Gasteiger partial charge in [-0.2, -0.15) is 0 Å². The Morgan fingerprint density at radius 3 is 2.71 bits per heavy atom. The van der Waals surface area contributed by atoms with Gasteiger partial charge in [0.25, 0.3) is 5.56 Å². The van der Waals surface area contributed by atoms with E-state index in [1.807, 2.05) is 0 Å². The molecule has 1 fully saturated rings. The van der Waals surface area contributed by atoms with E-state index in [9.17, 15) is 9.59 Å². The number of fused-ring (bicyclic) bond motifs is 1. The van der Waals surface area contributed by atoms with E-state index in [1.54, 1.807) is 7.05 Å². The third-order valence-corrected chi connectivity index (χ3v) is 3.74. The summed E-state index contributed by atoms with van der Waals surface area (Å²) in [6.45, 7) is 1.06. The topological polar surface area (TPSA) is 68.1 Å². The van der Waals surface area contributed by atoms with Gasteiger partial charge in [0.2, 0.25) is 0 Å². The maximum atomic E-state index is 12.2. The summed E-state index contributed by atoms with van der Waals surface area (Å²) >= 11 is 0. The van der Waals surface area contributed by atoms with Crippen LogP contribution < -0.4 is 21.9 Å². The first kappa shape index (κ1) is 10.4. The lowest BCUT2D eigenvalue weighted by molar-refractivity contribution is 0.268. The van der Waals surface area contributed by atoms with Gasteiger partial charge in [-0.3, -0.25) is 13.9 Å². The van der Waals surface area contributed by atoms with Gasteiger partial charge in [-0.15, -0.1) is 0 Å². The van der Waals surface area contributed by atoms with E-state index < -0.39 is 0 Å². The number of hydrogen-bond donors (Lipinski definition) is 2. The molecule has 2 heterocycles. The van der Waals surface area contributed by atoms with Crippen LogP contribution in [0.15, 0.2) is 9.59 Å². The molecule has 0 bridgehead atoms. The molecule has 0 atom stereocenters. The van der Waals surface area contributed by atoms with Gasteiger partial charge >= 0.3 is 5.69 Å². The molecule has 3 rings (SSSR count). The Balaban J connectivity index is 2.11. The van der Waals surface area contributed by atoms with Gasteiger partial charge in [-0.25, -0.2) is 4.79 Å². The molecule has 0 saturated heterocycles. The van der Waals surface area contributed by atoms with E-state index in [2.05, 4.69) is 10.6 Å². The molecule has 0 unspecified atom stereocenters. The van der Waals surface area contributed by atoms with Crippen molar-refractivity contribution in [1.29, 1.82) is 0 Å². The molecule has 0 amide bonds. The smallest absolute Gasteiger partial charge is 0.332 e. The number of rotatable bonds is 2. The molecule has 1 aliphatic carbocycles. The lowest BCUT2D eigenvalue weighted by Crippen LogP contribution is -2.41. The van der Waals surface area contributed by atoms with Crippen LogP contribution in [0.4, 0.5) is 11.5 Å². The van der Waals surface area contributed by atoms with Gasteiger partial charge in [-0.1, -0.05) is 6.42 Å². The van der Waals surface area contributed by atoms with Crippen LogP contribution in [0.25, 0.3) is 0 Å². The van der Waals surface area contributed by atoms with Crippen LogP contribution in [-0.4, -0.2) is 15.8 Å². The second-order valence-electron chi connectivity index (χ2n) is 4.81. The van der Waals surface area contributed by atoms with Crippen molar-refractivity contribution in [2.45, 2.75) is 25.8 Å². The van der Waals surface area contributed by atoms with Gasteiger partial charge < -0.3 is 10.6 Å². The predicted molar refractivity (Wildman–Crippen MR) is 65.4 cm³/mol. The van der Waals surface area contributed by atoms with E-state index in [1.165, 1.54) is 15.6 Å². The molecule has 6 nitrogen and oxygen atoms in total. The maximum absolute atomic E-state index is 12.2. The average molecular weight is 236 g/mol. The lowest BCUT2D eigenvalue weighted by Gasteiger charge is -2.25. The van der Waals surface area contributed by atoms with Crippen molar-refractivity contribution in [1.82, 2.24) is 9.13 Å². The highest BCUT2D eigenvalue weighted by molar-refractivity contribution is 5.68. The molecule has 0 spiro atoms. The van der Waals surface area contributed by atoms with Crippen molar-refractivity contribution in [3.05, 3.63) is 20.8 Å². The van der Waals surface area contributed by atoms with E-state index in [-0.39, 0.29) is 11.2 Å². The Labute approximate surface area is 98.3 Å². The van der Waals surface area contributed by atoms with Crippen molar-refractivity contribution in [2.24, 2.45) is 13.0 Å². The number of anilines is 2. The van der Waals surface area contributed by atoms with Crippen LogP contribution in [0.1, 0.15) is 19.3 Å². The summed E-state index contributed by atoms with van der Waals surface area (Å²) in [4.78, 5) is 24.2. The molecular weight excluding hydrogens is 220 g/mol. The number of hydrogen-bond acceptors (Lipinski definition) is 4. The Bertz CT molecular complexity index is 568. The summed E-state index contributed by atoms with van der Waals surface area (Å²) in [7, 11) is 1.69. The van der Waals surface area contributed by atoms with E-state index >= 15 is 0 Å². The monoisotopic (exact) mass is 236 g/mol. The first-order valence-electron chi connectivity index (χ1n) is 6.00. The zero-order chi connectivity index (χ0) is 12.0. The average Bonchev–Trinajstić information content (AvgIpc) is 2.73. The molecule has 6 heteroatoms. The molecule has 2 aliphatic rings. The third-order valence-electron chi connectivity index (χ3n) is 3.74. The molecule has 17 heavy (non-hydrogen) atoms. The highest BCUT2D eigenvalue weighted by Crippen LogP contribution is 2.27. The van der Waals surface area contributed by atoms with E-state index in [0.29, 0.717) is 30.6 Å². The van der Waals surface area contributed by atoms with Crippen molar-refractivity contribution >= 4 is 11.5 Å². The normalized spacial score (nSPS) is 18.2. The van der Waals surface area contributed by atoms with Gasteiger partial charge in [0.15, 0.2) is 0 Å². The fraction of sp³-hybridized carbons (Fsp3) is 0.636. The van der Waals surface area contributed by atoms with Crippen molar-refractivity contribution < 1.29 is 0 Å². The summed E-state index contributed by atoms with van der Waals surface area (Å²) in [6.07, 6.45) is 3.46. The SMILES string of the molecule is Cn1c2c(c(=O)n(CC3CCC3)c1=O)NCN2. The minimum Gasteiger partial charge on any atom is -0.360 e. The second-order valence-corrected chi connectivity index (χ2v) is 4.81. The minimum atomic E-state index is -0.225. The fourth-order valence-electron chi connectivity index (χ4n) is 2.44. The van der Waals surface area contributed by atoms with Gasteiger partial charge in [-0.05, 0) is 18.8 Å². The standard InChI is InChI=1S/C11H16N4O2/c1-14-9-8(12-6-13-9)10(16)15(11(14)17)5-7-3-2-4-7/h7,12-13H,2-6H2,1H3. The van der Waals surface area contributed by atoms with Crippen LogP contribution >= 0.6 is 0 Å². The molecule has 1 aromatic rings. The largest absolute Gasteiger partial charge is 0.360 e. The Hall–Kier alpha value is -1.72. The quantitative estimate of drug-likeness (QED) is 0.766. The number of aromatic nitrogens is 2. The molecule has 1 aliphatic heterocycles. The van der Waals surface area contributed by atoms with Gasteiger partial charge in [0, 0.05) is 13.6 Å². The first-order valence-corrected chi connectivity index (χ1v) is 6.00. The lowest BCUT2D eigenvalue weighted by atomic mass is 9.85. The fourth-order valence-corrected chi connectivity index (χ4v) is 2.44. The molecule has 92 valence electrons. The molecule has 0 aromatic carbocycles. The molecule has 2 N–H and O–H groups in total. The summed E-state index contributed by atoms with van der Waals surface area (Å²) in [5.41, 5.74) is 0.100. The third kappa shape index (κ3) is 1.47. The molecule has 1 saturated carbocycles. The first-order chi connectivity index (χ1) is 8.18. The summed E-state index contributed by atoms with van der Waals surface area (Å²) < 4.78 is 2.87. The van der Waals surface area contributed by atoms with Crippen LogP contribution in [0.3, 0.4) is 0 Å². The highest BCUT2D eigenvalue weighted by Gasteiger charge is 2.24. The zero-order valence-corrected chi connectivity index (χ0v) is 9.82. The zero-order valence-electron chi connectivity index (χ0n) is 9.82. The van der Waals surface area contributed by atoms with Crippen molar-refractivity contribution in [3.8, 4) is 0 Å². The summed E-state index contributed by atoms with van der Waals surface area (Å²) in [6, 6.07) is 0. The maximum Gasteiger partial charge on any atom is 0.332 e. The Morgan fingerprint density at radius 1 is 1.29 bits per heavy atom. The Kier molecular flexibility index (Phi) is 2.24. The van der Waals surface area contributed by atoms with Crippen molar-refractivity contribution in [3.63, 3.8) is 0 Å². The number of nitrogens with one attached hydrogen (secondary N) is 2. The molecule has 1 aromatic heterocycles. The van der Waals surface area contributed by atoms with Crippen LogP contribution in [0.2, 0.25) is 0 Å². The minimum absolute atomic E-state index is 0.194. The van der Waals surface area contributed by atoms with E-state index in [4.69, 9.17) is 0 Å². The molecule has 0 radical (unpaired) electrons. The van der Waals surface area contributed by atoms with E-state index in [0.717, 1.165) is 12.8 Å².